The van der Waals surface area contributed by atoms with Crippen molar-refractivity contribution in [2.24, 2.45) is 5.92 Å². The summed E-state index contributed by atoms with van der Waals surface area (Å²) in [6, 6.07) is 0.338. The van der Waals surface area contributed by atoms with Crippen LogP contribution in [-0.2, 0) is 9.53 Å². The van der Waals surface area contributed by atoms with Crippen LogP contribution in [0.25, 0.3) is 0 Å². The quantitative estimate of drug-likeness (QED) is 0.657. The molecule has 1 atom stereocenters. The van der Waals surface area contributed by atoms with E-state index in [-0.39, 0.29) is 12.1 Å². The Bertz CT molecular complexity index is 205. The predicted molar refractivity (Wildman–Crippen MR) is 71.0 cm³/mol. The molecule has 0 fully saturated rings. The summed E-state index contributed by atoms with van der Waals surface area (Å²) in [4.78, 5) is 13.6. The van der Waals surface area contributed by atoms with E-state index in [4.69, 9.17) is 4.74 Å². The highest BCUT2D eigenvalue weighted by atomic mass is 16.5. The number of likely N-dealkylation sites (N-methyl/N-ethyl adjacent to an activating group) is 1. The van der Waals surface area contributed by atoms with Crippen LogP contribution in [0.4, 0.5) is 0 Å². The van der Waals surface area contributed by atoms with Crippen molar-refractivity contribution in [2.45, 2.75) is 46.3 Å². The van der Waals surface area contributed by atoms with Gasteiger partial charge in [0.25, 0.3) is 0 Å². The second-order valence-corrected chi connectivity index (χ2v) is 5.51. The van der Waals surface area contributed by atoms with E-state index in [1.165, 1.54) is 0 Å². The van der Waals surface area contributed by atoms with Crippen molar-refractivity contribution in [2.75, 3.05) is 27.2 Å². The van der Waals surface area contributed by atoms with E-state index < -0.39 is 0 Å². The molecule has 0 saturated heterocycles. The first-order valence-corrected chi connectivity index (χ1v) is 6.38. The number of esters is 1. The smallest absolute Gasteiger partial charge is 0.320 e. The molecule has 0 saturated carbocycles. The maximum Gasteiger partial charge on any atom is 0.320 e. The largest absolute Gasteiger partial charge is 0.462 e. The molecule has 0 rings (SSSR count). The third-order valence-corrected chi connectivity index (χ3v) is 2.24. The minimum absolute atomic E-state index is 0.0401. The Morgan fingerprint density at radius 2 is 1.82 bits per heavy atom. The summed E-state index contributed by atoms with van der Waals surface area (Å²) >= 11 is 0. The second kappa shape index (κ2) is 8.48. The minimum Gasteiger partial charge on any atom is -0.462 e. The zero-order chi connectivity index (χ0) is 13.4. The molecule has 0 bridgehead atoms. The third kappa shape index (κ3) is 10.3. The van der Waals surface area contributed by atoms with Crippen LogP contribution in [0, 0.1) is 5.92 Å². The number of carbonyl (C=O) groups excluding carboxylic acids is 1. The third-order valence-electron chi connectivity index (χ3n) is 2.24. The van der Waals surface area contributed by atoms with Crippen LogP contribution in [0.3, 0.4) is 0 Å². The number of carbonyl (C=O) groups is 1. The summed E-state index contributed by atoms with van der Waals surface area (Å²) in [6.07, 6.45) is 1.02. The molecule has 4 nitrogen and oxygen atoms in total. The number of nitrogens with one attached hydrogen (secondary N) is 1. The fourth-order valence-corrected chi connectivity index (χ4v) is 1.76. The first-order chi connectivity index (χ1) is 7.81. The van der Waals surface area contributed by atoms with E-state index in [9.17, 15) is 4.79 Å². The molecular weight excluding hydrogens is 216 g/mol. The molecule has 1 unspecified atom stereocenters. The minimum atomic E-state index is -0.174. The lowest BCUT2D eigenvalue weighted by molar-refractivity contribution is -0.146. The lowest BCUT2D eigenvalue weighted by atomic mass is 10.0. The maximum atomic E-state index is 11.4. The van der Waals surface area contributed by atoms with Gasteiger partial charge in [0.15, 0.2) is 0 Å². The molecule has 102 valence electrons. The van der Waals surface area contributed by atoms with Crippen LogP contribution < -0.4 is 5.32 Å². The molecule has 17 heavy (non-hydrogen) atoms. The first-order valence-electron chi connectivity index (χ1n) is 6.38. The summed E-state index contributed by atoms with van der Waals surface area (Å²) in [6.45, 7) is 9.34. The molecule has 0 aromatic carbocycles. The van der Waals surface area contributed by atoms with Gasteiger partial charge < -0.3 is 15.0 Å². The van der Waals surface area contributed by atoms with Crippen LogP contribution >= 0.6 is 0 Å². The Labute approximate surface area is 106 Å². The van der Waals surface area contributed by atoms with Gasteiger partial charge in [0.05, 0.1) is 12.6 Å². The van der Waals surface area contributed by atoms with Crippen LogP contribution in [0.2, 0.25) is 0 Å². The number of hydrogen-bond acceptors (Lipinski definition) is 4. The number of hydrogen-bond donors (Lipinski definition) is 1. The molecule has 0 aromatic rings. The second-order valence-electron chi connectivity index (χ2n) is 5.51. The van der Waals surface area contributed by atoms with Crippen LogP contribution in [0.5, 0.6) is 0 Å². The Morgan fingerprint density at radius 3 is 2.24 bits per heavy atom. The zero-order valence-electron chi connectivity index (χ0n) is 12.1. The number of nitrogens with zero attached hydrogens (tertiary/aromatic N) is 1. The average Bonchev–Trinajstić information content (AvgIpc) is 2.11. The van der Waals surface area contributed by atoms with Crippen LogP contribution in [-0.4, -0.2) is 50.2 Å². The summed E-state index contributed by atoms with van der Waals surface area (Å²) in [7, 11) is 4.09. The van der Waals surface area contributed by atoms with Crippen molar-refractivity contribution in [3.05, 3.63) is 0 Å². The molecule has 1 N–H and O–H groups in total. The van der Waals surface area contributed by atoms with E-state index in [2.05, 4.69) is 24.1 Å². The molecule has 0 heterocycles. The van der Waals surface area contributed by atoms with E-state index in [0.717, 1.165) is 13.0 Å². The molecule has 0 aliphatic heterocycles. The molecule has 0 spiro atoms. The number of rotatable bonds is 8. The SMILES string of the molecule is CC(C)CC(CN(C)C)NCC(=O)OC(C)C. The van der Waals surface area contributed by atoms with Crippen molar-refractivity contribution < 1.29 is 9.53 Å². The van der Waals surface area contributed by atoms with Gasteiger partial charge in [-0.25, -0.2) is 0 Å². The molecule has 0 aromatic heterocycles. The van der Waals surface area contributed by atoms with Crippen LogP contribution in [0.15, 0.2) is 0 Å². The topological polar surface area (TPSA) is 41.6 Å². The van der Waals surface area contributed by atoms with Crippen molar-refractivity contribution >= 4 is 5.97 Å². The highest BCUT2D eigenvalue weighted by Crippen LogP contribution is 2.05. The Balaban J connectivity index is 4.01. The summed E-state index contributed by atoms with van der Waals surface area (Å²) in [5, 5.41) is 3.27. The van der Waals surface area contributed by atoms with Gasteiger partial charge in [-0.1, -0.05) is 13.8 Å². The van der Waals surface area contributed by atoms with E-state index in [0.29, 0.717) is 18.5 Å². The van der Waals surface area contributed by atoms with Gasteiger partial charge in [0.2, 0.25) is 0 Å². The molecule has 0 amide bonds. The van der Waals surface area contributed by atoms with Gasteiger partial charge in [0, 0.05) is 12.6 Å². The summed E-state index contributed by atoms with van der Waals surface area (Å²) in [5.74, 6) is 0.445. The monoisotopic (exact) mass is 244 g/mol. The van der Waals surface area contributed by atoms with Gasteiger partial charge in [-0.3, -0.25) is 4.79 Å². The van der Waals surface area contributed by atoms with E-state index >= 15 is 0 Å². The van der Waals surface area contributed by atoms with Crippen molar-refractivity contribution in [3.63, 3.8) is 0 Å². The Hall–Kier alpha value is -0.610. The van der Waals surface area contributed by atoms with E-state index in [1.54, 1.807) is 0 Å². The van der Waals surface area contributed by atoms with Crippen molar-refractivity contribution in [1.82, 2.24) is 10.2 Å². The molecular formula is C13H28N2O2. The van der Waals surface area contributed by atoms with Gasteiger partial charge in [0.1, 0.15) is 0 Å². The highest BCUT2D eigenvalue weighted by molar-refractivity contribution is 5.71. The van der Waals surface area contributed by atoms with Crippen molar-refractivity contribution in [1.29, 1.82) is 0 Å². The Kier molecular flexibility index (Phi) is 8.17. The fourth-order valence-electron chi connectivity index (χ4n) is 1.76. The normalized spacial score (nSPS) is 13.5. The van der Waals surface area contributed by atoms with Crippen molar-refractivity contribution in [3.8, 4) is 0 Å². The summed E-state index contributed by atoms with van der Waals surface area (Å²) in [5.41, 5.74) is 0. The molecule has 0 radical (unpaired) electrons. The van der Waals surface area contributed by atoms with E-state index in [1.807, 2.05) is 27.9 Å². The number of ether oxygens (including phenoxy) is 1. The summed E-state index contributed by atoms with van der Waals surface area (Å²) < 4.78 is 5.10. The standard InChI is InChI=1S/C13H28N2O2/c1-10(2)7-12(9-15(5)6)14-8-13(16)17-11(3)4/h10-12,14H,7-9H2,1-6H3. The maximum absolute atomic E-state index is 11.4. The lowest BCUT2D eigenvalue weighted by Gasteiger charge is -2.23. The zero-order valence-corrected chi connectivity index (χ0v) is 12.1. The average molecular weight is 244 g/mol. The predicted octanol–water partition coefficient (Wildman–Crippen LogP) is 1.50. The Morgan fingerprint density at radius 1 is 1.24 bits per heavy atom. The van der Waals surface area contributed by atoms with Gasteiger partial charge >= 0.3 is 5.97 Å². The molecule has 0 aliphatic carbocycles. The molecule has 4 heteroatoms. The van der Waals surface area contributed by atoms with Gasteiger partial charge in [-0.2, -0.15) is 0 Å². The van der Waals surface area contributed by atoms with Gasteiger partial charge in [-0.15, -0.1) is 0 Å². The molecule has 0 aliphatic rings. The lowest BCUT2D eigenvalue weighted by Crippen LogP contribution is -2.42. The van der Waals surface area contributed by atoms with Crippen LogP contribution in [0.1, 0.15) is 34.1 Å². The first kappa shape index (κ1) is 16.4. The fraction of sp³-hybridized carbons (Fsp3) is 0.923. The highest BCUT2D eigenvalue weighted by Gasteiger charge is 2.14. The van der Waals surface area contributed by atoms with Gasteiger partial charge in [-0.05, 0) is 40.3 Å².